The highest BCUT2D eigenvalue weighted by Gasteiger charge is 2.52. The van der Waals surface area contributed by atoms with Crippen molar-refractivity contribution in [3.8, 4) is 0 Å². The lowest BCUT2D eigenvalue weighted by molar-refractivity contribution is -0.140. The van der Waals surface area contributed by atoms with Crippen LogP contribution in [-0.4, -0.2) is 11.8 Å². The van der Waals surface area contributed by atoms with Crippen LogP contribution in [-0.2, 0) is 9.59 Å². The van der Waals surface area contributed by atoms with Gasteiger partial charge in [0, 0.05) is 11.4 Å². The fraction of sp³-hybridized carbons (Fsp3) is 0.529. The van der Waals surface area contributed by atoms with E-state index in [1.165, 1.54) is 0 Å². The van der Waals surface area contributed by atoms with Gasteiger partial charge >= 0.3 is 0 Å². The van der Waals surface area contributed by atoms with E-state index in [2.05, 4.69) is 12.2 Å². The third kappa shape index (κ3) is 2.59. The van der Waals surface area contributed by atoms with Gasteiger partial charge in [0.2, 0.25) is 11.8 Å². The second-order valence-electron chi connectivity index (χ2n) is 6.45. The SMILES string of the molecule is CCC1CCC2(CC(=O)NC(=O)C2c2ccc(Cl)cc2)C1. The van der Waals surface area contributed by atoms with E-state index in [9.17, 15) is 9.59 Å². The molecule has 21 heavy (non-hydrogen) atoms. The summed E-state index contributed by atoms with van der Waals surface area (Å²) in [4.78, 5) is 24.4. The van der Waals surface area contributed by atoms with Crippen LogP contribution >= 0.6 is 11.6 Å². The molecular weight excluding hydrogens is 286 g/mol. The third-order valence-corrected chi connectivity index (χ3v) is 5.43. The van der Waals surface area contributed by atoms with E-state index in [1.54, 1.807) is 0 Å². The molecule has 3 nitrogen and oxygen atoms in total. The largest absolute Gasteiger partial charge is 0.296 e. The van der Waals surface area contributed by atoms with Crippen molar-refractivity contribution in [1.82, 2.24) is 5.32 Å². The monoisotopic (exact) mass is 305 g/mol. The Morgan fingerprint density at radius 3 is 2.62 bits per heavy atom. The zero-order chi connectivity index (χ0) is 15.0. The Balaban J connectivity index is 1.99. The molecule has 1 aliphatic heterocycles. The Morgan fingerprint density at radius 2 is 2.00 bits per heavy atom. The minimum atomic E-state index is -0.232. The van der Waals surface area contributed by atoms with Crippen molar-refractivity contribution in [3.63, 3.8) is 0 Å². The number of carbonyl (C=O) groups excluding carboxylic acids is 2. The lowest BCUT2D eigenvalue weighted by atomic mass is 9.65. The van der Waals surface area contributed by atoms with Crippen molar-refractivity contribution < 1.29 is 9.59 Å². The molecule has 2 amide bonds. The summed E-state index contributed by atoms with van der Waals surface area (Å²) in [5.74, 6) is 0.120. The van der Waals surface area contributed by atoms with Crippen LogP contribution in [0.1, 0.15) is 50.5 Å². The number of halogens is 1. The van der Waals surface area contributed by atoms with Crippen molar-refractivity contribution in [2.75, 3.05) is 0 Å². The molecular formula is C17H20ClNO2. The summed E-state index contributed by atoms with van der Waals surface area (Å²) in [5, 5.41) is 3.18. The summed E-state index contributed by atoms with van der Waals surface area (Å²) in [6.07, 6.45) is 4.61. The number of imide groups is 1. The van der Waals surface area contributed by atoms with Gasteiger partial charge in [-0.25, -0.2) is 0 Å². The first-order chi connectivity index (χ1) is 10.0. The van der Waals surface area contributed by atoms with Crippen LogP contribution in [0.25, 0.3) is 0 Å². The van der Waals surface area contributed by atoms with Crippen molar-refractivity contribution in [2.45, 2.75) is 44.9 Å². The first-order valence-corrected chi connectivity index (χ1v) is 8.01. The fourth-order valence-electron chi connectivity index (χ4n) is 4.16. The average Bonchev–Trinajstić information content (AvgIpc) is 2.83. The van der Waals surface area contributed by atoms with E-state index in [1.807, 2.05) is 24.3 Å². The molecule has 1 saturated heterocycles. The zero-order valence-corrected chi connectivity index (χ0v) is 13.0. The van der Waals surface area contributed by atoms with Crippen molar-refractivity contribution in [2.24, 2.45) is 11.3 Å². The third-order valence-electron chi connectivity index (χ3n) is 5.18. The number of amides is 2. The van der Waals surface area contributed by atoms with Gasteiger partial charge < -0.3 is 0 Å². The van der Waals surface area contributed by atoms with Crippen LogP contribution in [0.5, 0.6) is 0 Å². The Morgan fingerprint density at radius 1 is 1.29 bits per heavy atom. The van der Waals surface area contributed by atoms with Crippen LogP contribution < -0.4 is 5.32 Å². The van der Waals surface area contributed by atoms with Crippen LogP contribution in [0.4, 0.5) is 0 Å². The van der Waals surface area contributed by atoms with Gasteiger partial charge in [-0.1, -0.05) is 37.1 Å². The molecule has 3 atom stereocenters. The topological polar surface area (TPSA) is 46.2 Å². The van der Waals surface area contributed by atoms with Gasteiger partial charge in [0.25, 0.3) is 0 Å². The predicted molar refractivity (Wildman–Crippen MR) is 82.0 cm³/mol. The number of piperidine rings is 1. The maximum atomic E-state index is 12.5. The molecule has 0 bridgehead atoms. The molecule has 3 unspecified atom stereocenters. The molecule has 2 aliphatic rings. The van der Waals surface area contributed by atoms with E-state index >= 15 is 0 Å². The Labute approximate surface area is 130 Å². The molecule has 4 heteroatoms. The van der Waals surface area contributed by atoms with Gasteiger partial charge in [0.1, 0.15) is 0 Å². The van der Waals surface area contributed by atoms with E-state index in [0.29, 0.717) is 17.4 Å². The van der Waals surface area contributed by atoms with Gasteiger partial charge in [-0.3, -0.25) is 14.9 Å². The van der Waals surface area contributed by atoms with Gasteiger partial charge in [-0.05, 0) is 48.3 Å². The Hall–Kier alpha value is -1.35. The Bertz CT molecular complexity index is 569. The summed E-state index contributed by atoms with van der Waals surface area (Å²) in [5.41, 5.74) is 0.773. The molecule has 0 aromatic heterocycles. The van der Waals surface area contributed by atoms with E-state index in [-0.39, 0.29) is 23.1 Å². The number of nitrogens with one attached hydrogen (secondary N) is 1. The van der Waals surface area contributed by atoms with Crippen LogP contribution in [0.3, 0.4) is 0 Å². The van der Waals surface area contributed by atoms with E-state index < -0.39 is 0 Å². The van der Waals surface area contributed by atoms with Gasteiger partial charge in [0.15, 0.2) is 0 Å². The first kappa shape index (κ1) is 14.6. The van der Waals surface area contributed by atoms with Crippen LogP contribution in [0.2, 0.25) is 5.02 Å². The highest BCUT2D eigenvalue weighted by atomic mass is 35.5. The Kier molecular flexibility index (Phi) is 3.78. The molecule has 1 aliphatic carbocycles. The molecule has 3 rings (SSSR count). The molecule has 1 spiro atoms. The summed E-state index contributed by atoms with van der Waals surface area (Å²) < 4.78 is 0. The molecule has 1 N–H and O–H groups in total. The van der Waals surface area contributed by atoms with E-state index in [4.69, 9.17) is 11.6 Å². The molecule has 1 saturated carbocycles. The summed E-state index contributed by atoms with van der Waals surface area (Å²) in [6.45, 7) is 2.19. The number of carbonyl (C=O) groups is 2. The summed E-state index contributed by atoms with van der Waals surface area (Å²) in [7, 11) is 0. The van der Waals surface area contributed by atoms with Crippen molar-refractivity contribution >= 4 is 23.4 Å². The fourth-order valence-corrected chi connectivity index (χ4v) is 4.28. The maximum Gasteiger partial charge on any atom is 0.234 e. The minimum absolute atomic E-state index is 0.123. The summed E-state index contributed by atoms with van der Waals surface area (Å²) in [6, 6.07) is 7.48. The number of hydrogen-bond acceptors (Lipinski definition) is 2. The van der Waals surface area contributed by atoms with E-state index in [0.717, 1.165) is 31.2 Å². The number of hydrogen-bond donors (Lipinski definition) is 1. The van der Waals surface area contributed by atoms with Gasteiger partial charge in [-0.15, -0.1) is 0 Å². The molecule has 1 aromatic rings. The second-order valence-corrected chi connectivity index (χ2v) is 6.89. The average molecular weight is 306 g/mol. The summed E-state index contributed by atoms with van der Waals surface area (Å²) >= 11 is 5.95. The lowest BCUT2D eigenvalue weighted by Crippen LogP contribution is -2.49. The smallest absolute Gasteiger partial charge is 0.234 e. The van der Waals surface area contributed by atoms with Gasteiger partial charge in [0.05, 0.1) is 5.92 Å². The van der Waals surface area contributed by atoms with Crippen molar-refractivity contribution in [3.05, 3.63) is 34.9 Å². The quantitative estimate of drug-likeness (QED) is 0.847. The normalized spacial score (nSPS) is 32.5. The minimum Gasteiger partial charge on any atom is -0.296 e. The number of rotatable bonds is 2. The van der Waals surface area contributed by atoms with Crippen molar-refractivity contribution in [1.29, 1.82) is 0 Å². The first-order valence-electron chi connectivity index (χ1n) is 7.63. The molecule has 0 radical (unpaired) electrons. The highest BCUT2D eigenvalue weighted by molar-refractivity contribution is 6.30. The van der Waals surface area contributed by atoms with Crippen LogP contribution in [0, 0.1) is 11.3 Å². The molecule has 112 valence electrons. The standard InChI is InChI=1S/C17H20ClNO2/c1-2-11-7-8-17(9-11)10-14(20)19-16(21)15(17)12-3-5-13(18)6-4-12/h3-6,11,15H,2,7-10H2,1H3,(H,19,20,21). The molecule has 1 aromatic carbocycles. The number of benzene rings is 1. The second kappa shape index (κ2) is 5.45. The highest BCUT2D eigenvalue weighted by Crippen LogP contribution is 2.55. The predicted octanol–water partition coefficient (Wildman–Crippen LogP) is 3.67. The van der Waals surface area contributed by atoms with Crippen LogP contribution in [0.15, 0.2) is 24.3 Å². The zero-order valence-electron chi connectivity index (χ0n) is 12.2. The molecule has 1 heterocycles. The van der Waals surface area contributed by atoms with Gasteiger partial charge in [-0.2, -0.15) is 0 Å². The lowest BCUT2D eigenvalue weighted by Gasteiger charge is -2.40. The maximum absolute atomic E-state index is 12.5. The molecule has 2 fully saturated rings.